The highest BCUT2D eigenvalue weighted by molar-refractivity contribution is 5.69. The summed E-state index contributed by atoms with van der Waals surface area (Å²) in [6.07, 6.45) is 29.4. The molecule has 0 saturated heterocycles. The average Bonchev–Trinajstić information content (AvgIpc) is 3.02. The largest absolute Gasteiger partial charge is 0.466 e. The van der Waals surface area contributed by atoms with Gasteiger partial charge in [0.2, 0.25) is 0 Å². The topological polar surface area (TPSA) is 90.2 Å². The van der Waals surface area contributed by atoms with Gasteiger partial charge in [0.15, 0.2) is 0 Å². The first kappa shape index (κ1) is 44.3. The summed E-state index contributed by atoms with van der Waals surface area (Å²) in [7, 11) is 0. The molecule has 1 unspecified atom stereocenters. The lowest BCUT2D eigenvalue weighted by molar-refractivity contribution is -0.143. The molecule has 0 aromatic carbocycles. The molecule has 0 radical (unpaired) electrons. The van der Waals surface area contributed by atoms with E-state index in [2.05, 4.69) is 25.7 Å². The van der Waals surface area contributed by atoms with Gasteiger partial charge in [-0.3, -0.25) is 9.69 Å². The van der Waals surface area contributed by atoms with Gasteiger partial charge in [-0.1, -0.05) is 149 Å². The number of nitrogens with zero attached hydrogens (tertiary/aromatic N) is 1. The van der Waals surface area contributed by atoms with Crippen molar-refractivity contribution in [3.63, 3.8) is 0 Å². The minimum atomic E-state index is -0.391. The van der Waals surface area contributed by atoms with E-state index in [1.54, 1.807) is 0 Å². The van der Waals surface area contributed by atoms with Gasteiger partial charge in [0.25, 0.3) is 0 Å². The summed E-state index contributed by atoms with van der Waals surface area (Å²) in [6.45, 7) is 9.46. The van der Waals surface area contributed by atoms with Gasteiger partial charge >= 0.3 is 5.97 Å². The van der Waals surface area contributed by atoms with Crippen LogP contribution >= 0.6 is 0 Å². The van der Waals surface area contributed by atoms with Crippen LogP contribution in [-0.2, 0) is 9.53 Å². The second-order valence-corrected chi connectivity index (χ2v) is 13.9. The first-order valence-corrected chi connectivity index (χ1v) is 19.8. The van der Waals surface area contributed by atoms with E-state index in [1.165, 1.54) is 96.3 Å². The molecule has 0 rings (SSSR count). The predicted octanol–water partition coefficient (Wildman–Crippen LogP) is 9.75. The zero-order chi connectivity index (χ0) is 33.2. The third-order valence-corrected chi connectivity index (χ3v) is 9.29. The second kappa shape index (κ2) is 34.6. The molecule has 0 saturated carbocycles. The molecule has 270 valence electrons. The van der Waals surface area contributed by atoms with Crippen molar-refractivity contribution in [1.82, 2.24) is 4.90 Å². The van der Waals surface area contributed by atoms with E-state index in [-0.39, 0.29) is 18.7 Å². The molecule has 0 amide bonds. The maximum absolute atomic E-state index is 11.8. The van der Waals surface area contributed by atoms with Gasteiger partial charge in [0.05, 0.1) is 18.8 Å². The van der Waals surface area contributed by atoms with E-state index in [4.69, 9.17) is 4.74 Å². The van der Waals surface area contributed by atoms with E-state index < -0.39 is 6.10 Å². The van der Waals surface area contributed by atoms with Crippen molar-refractivity contribution in [3.05, 3.63) is 0 Å². The molecule has 0 aliphatic heterocycles. The van der Waals surface area contributed by atoms with Gasteiger partial charge in [0, 0.05) is 26.1 Å². The molecule has 6 nitrogen and oxygen atoms in total. The van der Waals surface area contributed by atoms with Gasteiger partial charge in [-0.2, -0.15) is 0 Å². The molecule has 0 aromatic heterocycles. The van der Waals surface area contributed by atoms with Crippen LogP contribution in [0, 0.1) is 5.92 Å². The van der Waals surface area contributed by atoms with E-state index >= 15 is 0 Å². The SMILES string of the molecule is CCCCCCCCC(CCCCCC)C[C@@H](O)CN(CCCCO)C[C@@H](O)CCCCCCCOC(=O)CCCCCCC. The number of aliphatic hydroxyl groups is 3. The lowest BCUT2D eigenvalue weighted by Crippen LogP contribution is -2.39. The number of hydrogen-bond acceptors (Lipinski definition) is 6. The van der Waals surface area contributed by atoms with Crippen LogP contribution in [0.4, 0.5) is 0 Å². The fourth-order valence-electron chi connectivity index (χ4n) is 6.45. The number of ether oxygens (including phenoxy) is 1. The second-order valence-electron chi connectivity index (χ2n) is 13.9. The molecule has 3 atom stereocenters. The summed E-state index contributed by atoms with van der Waals surface area (Å²) in [5, 5.41) is 31.3. The van der Waals surface area contributed by atoms with Gasteiger partial charge in [-0.25, -0.2) is 0 Å². The molecule has 0 spiro atoms. The van der Waals surface area contributed by atoms with Crippen molar-refractivity contribution in [3.8, 4) is 0 Å². The molecule has 0 aromatic rings. The lowest BCUT2D eigenvalue weighted by atomic mass is 9.89. The van der Waals surface area contributed by atoms with Crippen molar-refractivity contribution in [2.45, 2.75) is 206 Å². The van der Waals surface area contributed by atoms with Gasteiger partial charge < -0.3 is 20.1 Å². The Morgan fingerprint density at radius 2 is 1.07 bits per heavy atom. The summed E-state index contributed by atoms with van der Waals surface area (Å²) < 4.78 is 5.38. The fourth-order valence-corrected chi connectivity index (χ4v) is 6.45. The number of carbonyl (C=O) groups is 1. The molecule has 45 heavy (non-hydrogen) atoms. The smallest absolute Gasteiger partial charge is 0.305 e. The standard InChI is InChI=1S/C39H79NO5/c1-4-7-10-13-16-20-27-36(26-19-12-9-6-3)33-38(43)35-40(30-23-24-31-41)34-37(42)28-21-17-14-18-25-32-45-39(44)29-22-15-11-8-5-2/h36-38,41-43H,4-35H2,1-3H3/t36?,37-,38+/m0/s1. The first-order chi connectivity index (χ1) is 22.0. The number of aliphatic hydroxyl groups excluding tert-OH is 3. The molecule has 3 N–H and O–H groups in total. The molecule has 0 aliphatic carbocycles. The van der Waals surface area contributed by atoms with Gasteiger partial charge in [-0.05, 0) is 51.0 Å². The van der Waals surface area contributed by atoms with Crippen LogP contribution in [0.25, 0.3) is 0 Å². The normalized spacial score (nSPS) is 13.8. The molecule has 0 heterocycles. The summed E-state index contributed by atoms with van der Waals surface area (Å²) in [5.41, 5.74) is 0. The summed E-state index contributed by atoms with van der Waals surface area (Å²) in [4.78, 5) is 14.1. The minimum absolute atomic E-state index is 0.0522. The Kier molecular flexibility index (Phi) is 34.1. The van der Waals surface area contributed by atoms with E-state index in [1.807, 2.05) is 0 Å². The van der Waals surface area contributed by atoms with E-state index in [0.717, 1.165) is 77.2 Å². The third kappa shape index (κ3) is 31.7. The predicted molar refractivity (Wildman–Crippen MR) is 192 cm³/mol. The number of carbonyl (C=O) groups excluding carboxylic acids is 1. The molecule has 0 bridgehead atoms. The summed E-state index contributed by atoms with van der Waals surface area (Å²) in [5.74, 6) is 0.537. The number of esters is 1. The Balaban J connectivity index is 4.39. The van der Waals surface area contributed by atoms with Gasteiger partial charge in [0.1, 0.15) is 0 Å². The van der Waals surface area contributed by atoms with Crippen molar-refractivity contribution in [2.24, 2.45) is 5.92 Å². The molecular weight excluding hydrogens is 562 g/mol. The highest BCUT2D eigenvalue weighted by atomic mass is 16.5. The Bertz CT molecular complexity index is 604. The maximum Gasteiger partial charge on any atom is 0.305 e. The fraction of sp³-hybridized carbons (Fsp3) is 0.974. The monoisotopic (exact) mass is 642 g/mol. The Hall–Kier alpha value is -0.690. The number of hydrogen-bond donors (Lipinski definition) is 3. The summed E-state index contributed by atoms with van der Waals surface area (Å²) >= 11 is 0. The van der Waals surface area contributed by atoms with Gasteiger partial charge in [-0.15, -0.1) is 0 Å². The first-order valence-electron chi connectivity index (χ1n) is 19.8. The zero-order valence-electron chi connectivity index (χ0n) is 30.5. The number of unbranched alkanes of at least 4 members (excludes halogenated alkanes) is 17. The molecule has 0 aliphatic rings. The minimum Gasteiger partial charge on any atom is -0.466 e. The van der Waals surface area contributed by atoms with Crippen LogP contribution in [0.3, 0.4) is 0 Å². The average molecular weight is 642 g/mol. The highest BCUT2D eigenvalue weighted by Gasteiger charge is 2.19. The molecule has 0 fully saturated rings. The van der Waals surface area contributed by atoms with Crippen LogP contribution in [-0.4, -0.2) is 71.2 Å². The maximum atomic E-state index is 11.8. The lowest BCUT2D eigenvalue weighted by Gasteiger charge is -2.29. The molecular formula is C39H79NO5. The third-order valence-electron chi connectivity index (χ3n) is 9.29. The summed E-state index contributed by atoms with van der Waals surface area (Å²) in [6, 6.07) is 0. The van der Waals surface area contributed by atoms with Crippen molar-refractivity contribution < 1.29 is 24.9 Å². The van der Waals surface area contributed by atoms with Crippen LogP contribution in [0.15, 0.2) is 0 Å². The van der Waals surface area contributed by atoms with Crippen molar-refractivity contribution in [1.29, 1.82) is 0 Å². The van der Waals surface area contributed by atoms with Crippen LogP contribution < -0.4 is 0 Å². The molecule has 6 heteroatoms. The zero-order valence-corrected chi connectivity index (χ0v) is 30.5. The Morgan fingerprint density at radius 1 is 0.578 bits per heavy atom. The van der Waals surface area contributed by atoms with Crippen molar-refractivity contribution in [2.75, 3.05) is 32.8 Å². The van der Waals surface area contributed by atoms with Crippen LogP contribution in [0.1, 0.15) is 194 Å². The van der Waals surface area contributed by atoms with E-state index in [9.17, 15) is 20.1 Å². The van der Waals surface area contributed by atoms with E-state index in [0.29, 0.717) is 32.0 Å². The van der Waals surface area contributed by atoms with Crippen LogP contribution in [0.2, 0.25) is 0 Å². The number of rotatable bonds is 36. The van der Waals surface area contributed by atoms with Crippen LogP contribution in [0.5, 0.6) is 0 Å². The Labute approximate surface area is 280 Å². The quantitative estimate of drug-likeness (QED) is 0.0466. The van der Waals surface area contributed by atoms with Crippen molar-refractivity contribution >= 4 is 5.97 Å². The highest BCUT2D eigenvalue weighted by Crippen LogP contribution is 2.24. The Morgan fingerprint density at radius 3 is 1.67 bits per heavy atom.